The van der Waals surface area contributed by atoms with Crippen LogP contribution in [0.3, 0.4) is 0 Å². The van der Waals surface area contributed by atoms with Gasteiger partial charge in [0.15, 0.2) is 0 Å². The van der Waals surface area contributed by atoms with E-state index in [0.717, 1.165) is 5.56 Å². The number of aromatic amines is 1. The Morgan fingerprint density at radius 3 is 2.52 bits per heavy atom. The van der Waals surface area contributed by atoms with Crippen LogP contribution in [-0.2, 0) is 5.41 Å². The van der Waals surface area contributed by atoms with Crippen LogP contribution in [0.4, 0.5) is 0 Å². The predicted molar refractivity (Wildman–Crippen MR) is 85.3 cm³/mol. The van der Waals surface area contributed by atoms with Gasteiger partial charge in [0.1, 0.15) is 11.6 Å². The average molecular weight is 307 g/mol. The lowest BCUT2D eigenvalue weighted by molar-refractivity contribution is 0.415. The molecule has 1 aromatic heterocycles. The molecule has 112 valence electrons. The summed E-state index contributed by atoms with van der Waals surface area (Å²) in [6, 6.07) is 5.38. The van der Waals surface area contributed by atoms with E-state index in [4.69, 9.17) is 16.3 Å². The van der Waals surface area contributed by atoms with Crippen molar-refractivity contribution in [3.63, 3.8) is 0 Å². The highest BCUT2D eigenvalue weighted by molar-refractivity contribution is 6.32. The molecule has 0 aliphatic heterocycles. The van der Waals surface area contributed by atoms with Crippen molar-refractivity contribution >= 4 is 11.6 Å². The van der Waals surface area contributed by atoms with Gasteiger partial charge < -0.3 is 9.72 Å². The minimum absolute atomic E-state index is 0.126. The van der Waals surface area contributed by atoms with Crippen molar-refractivity contribution in [1.29, 1.82) is 0 Å². The van der Waals surface area contributed by atoms with Crippen LogP contribution in [0, 0.1) is 6.92 Å². The van der Waals surface area contributed by atoms with E-state index >= 15 is 0 Å². The summed E-state index contributed by atoms with van der Waals surface area (Å²) in [7, 11) is 1.56. The number of halogens is 1. The number of hydrogen-bond donors (Lipinski definition) is 1. The van der Waals surface area contributed by atoms with E-state index in [1.807, 2.05) is 26.8 Å². The summed E-state index contributed by atoms with van der Waals surface area (Å²) in [4.78, 5) is 19.6. The number of rotatable bonds is 2. The summed E-state index contributed by atoms with van der Waals surface area (Å²) in [5.74, 6) is 1.22. The second-order valence-electron chi connectivity index (χ2n) is 5.99. The minimum atomic E-state index is -0.238. The van der Waals surface area contributed by atoms with Crippen LogP contribution in [0.15, 0.2) is 23.0 Å². The molecular formula is C16H19ClN2O2. The highest BCUT2D eigenvalue weighted by atomic mass is 35.5. The van der Waals surface area contributed by atoms with Gasteiger partial charge in [0.05, 0.1) is 17.8 Å². The van der Waals surface area contributed by atoms with Crippen LogP contribution in [0.2, 0.25) is 5.02 Å². The summed E-state index contributed by atoms with van der Waals surface area (Å²) >= 11 is 6.05. The fourth-order valence-corrected chi connectivity index (χ4v) is 2.17. The van der Waals surface area contributed by atoms with Crippen LogP contribution in [-0.4, -0.2) is 17.1 Å². The first kappa shape index (κ1) is 15.6. The number of benzene rings is 1. The third-order valence-corrected chi connectivity index (χ3v) is 3.60. The van der Waals surface area contributed by atoms with Crippen molar-refractivity contribution in [3.05, 3.63) is 45.0 Å². The number of aromatic nitrogens is 2. The van der Waals surface area contributed by atoms with Crippen LogP contribution in [0.25, 0.3) is 11.3 Å². The first-order valence-electron chi connectivity index (χ1n) is 6.69. The topological polar surface area (TPSA) is 55.0 Å². The number of nitrogens with zero attached hydrogens (tertiary/aromatic N) is 1. The molecule has 2 rings (SSSR count). The Bertz CT molecular complexity index is 730. The average Bonchev–Trinajstić information content (AvgIpc) is 2.41. The minimum Gasteiger partial charge on any atom is -0.495 e. The fraction of sp³-hybridized carbons (Fsp3) is 0.375. The summed E-state index contributed by atoms with van der Waals surface area (Å²) in [5, 5.41) is 0.528. The molecule has 5 heteroatoms. The van der Waals surface area contributed by atoms with Crippen LogP contribution >= 0.6 is 11.6 Å². The number of hydrogen-bond acceptors (Lipinski definition) is 3. The maximum absolute atomic E-state index is 12.1. The Balaban J connectivity index is 2.69. The largest absolute Gasteiger partial charge is 0.495 e. The number of H-pyrrole nitrogens is 1. The van der Waals surface area contributed by atoms with E-state index in [2.05, 4.69) is 9.97 Å². The molecule has 0 atom stereocenters. The molecule has 0 bridgehead atoms. The molecule has 4 nitrogen and oxygen atoms in total. The molecule has 1 aromatic carbocycles. The van der Waals surface area contributed by atoms with E-state index < -0.39 is 0 Å². The standard InChI is InChI=1S/C16H19ClN2O2/c1-9-13(10-6-7-11(17)12(8-10)21-5)18-15(16(2,3)4)19-14(9)20/h6-8H,1-5H3,(H,18,19,20). The smallest absolute Gasteiger partial charge is 0.254 e. The Hall–Kier alpha value is -1.81. The normalized spacial score (nSPS) is 11.5. The first-order valence-corrected chi connectivity index (χ1v) is 7.07. The van der Waals surface area contributed by atoms with Crippen molar-refractivity contribution in [3.8, 4) is 17.0 Å². The van der Waals surface area contributed by atoms with Gasteiger partial charge in [-0.3, -0.25) is 4.79 Å². The third-order valence-electron chi connectivity index (χ3n) is 3.29. The Morgan fingerprint density at radius 2 is 1.95 bits per heavy atom. The number of methoxy groups -OCH3 is 1. The molecule has 0 saturated carbocycles. The van der Waals surface area contributed by atoms with Gasteiger partial charge in [0, 0.05) is 16.5 Å². The molecule has 2 aromatic rings. The maximum Gasteiger partial charge on any atom is 0.254 e. The maximum atomic E-state index is 12.1. The number of ether oxygens (including phenoxy) is 1. The van der Waals surface area contributed by atoms with Crippen molar-refractivity contribution in [2.24, 2.45) is 0 Å². The lowest BCUT2D eigenvalue weighted by atomic mass is 9.95. The van der Waals surface area contributed by atoms with Gasteiger partial charge in [-0.2, -0.15) is 0 Å². The predicted octanol–water partition coefficient (Wildman–Crippen LogP) is 3.70. The summed E-state index contributed by atoms with van der Waals surface area (Å²) < 4.78 is 5.23. The monoisotopic (exact) mass is 306 g/mol. The SMILES string of the molecule is COc1cc(-c2nc(C(C)(C)C)[nH]c(=O)c2C)ccc1Cl. The Kier molecular flexibility index (Phi) is 4.10. The molecule has 0 aliphatic carbocycles. The molecule has 0 spiro atoms. The Morgan fingerprint density at radius 1 is 1.29 bits per heavy atom. The van der Waals surface area contributed by atoms with E-state index in [-0.39, 0.29) is 11.0 Å². The lowest BCUT2D eigenvalue weighted by Crippen LogP contribution is -2.24. The molecule has 0 aliphatic rings. The number of nitrogens with one attached hydrogen (secondary N) is 1. The van der Waals surface area contributed by atoms with Crippen molar-refractivity contribution in [2.45, 2.75) is 33.1 Å². The van der Waals surface area contributed by atoms with Crippen molar-refractivity contribution < 1.29 is 4.74 Å². The van der Waals surface area contributed by atoms with E-state index in [9.17, 15) is 4.79 Å². The third kappa shape index (κ3) is 3.10. The van der Waals surface area contributed by atoms with Gasteiger partial charge in [-0.05, 0) is 19.1 Å². The van der Waals surface area contributed by atoms with Crippen molar-refractivity contribution in [2.75, 3.05) is 7.11 Å². The van der Waals surface area contributed by atoms with E-state index in [0.29, 0.717) is 27.9 Å². The molecule has 0 fully saturated rings. The fourth-order valence-electron chi connectivity index (χ4n) is 1.98. The highest BCUT2D eigenvalue weighted by Gasteiger charge is 2.20. The molecule has 0 amide bonds. The molecular weight excluding hydrogens is 288 g/mol. The van der Waals surface area contributed by atoms with Gasteiger partial charge >= 0.3 is 0 Å². The molecule has 21 heavy (non-hydrogen) atoms. The zero-order chi connectivity index (χ0) is 15.8. The van der Waals surface area contributed by atoms with Crippen molar-refractivity contribution in [1.82, 2.24) is 9.97 Å². The molecule has 0 radical (unpaired) electrons. The van der Waals surface area contributed by atoms with Crippen LogP contribution < -0.4 is 10.3 Å². The Labute approximate surface area is 129 Å². The van der Waals surface area contributed by atoms with Gasteiger partial charge in [-0.15, -0.1) is 0 Å². The summed E-state index contributed by atoms with van der Waals surface area (Å²) in [5.41, 5.74) is 1.67. The zero-order valence-corrected chi connectivity index (χ0v) is 13.6. The zero-order valence-electron chi connectivity index (χ0n) is 12.9. The second-order valence-corrected chi connectivity index (χ2v) is 6.39. The van der Waals surface area contributed by atoms with Gasteiger partial charge in [0.2, 0.25) is 0 Å². The molecule has 0 unspecified atom stereocenters. The summed E-state index contributed by atoms with van der Waals surface area (Å²) in [6.45, 7) is 7.78. The van der Waals surface area contributed by atoms with Gasteiger partial charge in [0.25, 0.3) is 5.56 Å². The molecule has 0 saturated heterocycles. The highest BCUT2D eigenvalue weighted by Crippen LogP contribution is 2.31. The van der Waals surface area contributed by atoms with E-state index in [1.54, 1.807) is 26.2 Å². The van der Waals surface area contributed by atoms with Gasteiger partial charge in [-0.1, -0.05) is 38.4 Å². The molecule has 1 N–H and O–H groups in total. The lowest BCUT2D eigenvalue weighted by Gasteiger charge is -2.19. The first-order chi connectivity index (χ1) is 9.74. The van der Waals surface area contributed by atoms with Crippen LogP contribution in [0.5, 0.6) is 5.75 Å². The quantitative estimate of drug-likeness (QED) is 0.920. The summed E-state index contributed by atoms with van der Waals surface area (Å²) in [6.07, 6.45) is 0. The van der Waals surface area contributed by atoms with Gasteiger partial charge in [-0.25, -0.2) is 4.98 Å². The van der Waals surface area contributed by atoms with E-state index in [1.165, 1.54) is 0 Å². The van der Waals surface area contributed by atoms with Crippen LogP contribution in [0.1, 0.15) is 32.2 Å². The second kappa shape index (κ2) is 5.53. The molecule has 1 heterocycles.